The number of aliphatic imine (C=N–C) groups is 1. The molecule has 0 N–H and O–H groups in total. The van der Waals surface area contributed by atoms with Gasteiger partial charge in [-0.05, 0) is 37.6 Å². The molecule has 0 aliphatic heterocycles. The van der Waals surface area contributed by atoms with Gasteiger partial charge in [-0.1, -0.05) is 29.8 Å². The number of hydrogen-bond acceptors (Lipinski definition) is 3. The summed E-state index contributed by atoms with van der Waals surface area (Å²) in [5.41, 5.74) is 1.91. The number of rotatable bonds is 6. The first-order valence-corrected chi connectivity index (χ1v) is 8.25. The van der Waals surface area contributed by atoms with Gasteiger partial charge in [-0.25, -0.2) is 14.2 Å². The molecule has 0 atom stereocenters. The number of hydrogen-bond donors (Lipinski definition) is 0. The fraction of sp³-hybridized carbons (Fsp3) is 0.263. The van der Waals surface area contributed by atoms with Crippen molar-refractivity contribution in [2.24, 2.45) is 4.99 Å². The highest BCUT2D eigenvalue weighted by atomic mass is 35.5. The zero-order valence-electron chi connectivity index (χ0n) is 14.4. The summed E-state index contributed by atoms with van der Waals surface area (Å²) in [5, 5.41) is 0.285. The zero-order valence-corrected chi connectivity index (χ0v) is 15.2. The van der Waals surface area contributed by atoms with E-state index in [1.165, 1.54) is 6.07 Å². The van der Waals surface area contributed by atoms with Gasteiger partial charge in [0, 0.05) is 19.2 Å². The van der Waals surface area contributed by atoms with Gasteiger partial charge >= 0.3 is 5.97 Å². The summed E-state index contributed by atoms with van der Waals surface area (Å²) in [7, 11) is 1.91. The third-order valence-corrected chi connectivity index (χ3v) is 4.27. The van der Waals surface area contributed by atoms with Gasteiger partial charge in [0.1, 0.15) is 12.4 Å². The number of carbonyl (C=O) groups is 1. The number of esters is 1. The van der Waals surface area contributed by atoms with E-state index in [0.717, 1.165) is 6.54 Å². The Kier molecular flexibility index (Phi) is 6.53. The van der Waals surface area contributed by atoms with E-state index in [-0.39, 0.29) is 17.2 Å². The number of carbonyl (C=O) groups excluding carboxylic acids is 1. The Hall–Kier alpha value is -2.40. The average Bonchev–Trinajstić information content (AvgIpc) is 2.61. The van der Waals surface area contributed by atoms with Crippen LogP contribution in [0.4, 0.5) is 10.1 Å². The van der Waals surface area contributed by atoms with E-state index in [9.17, 15) is 9.18 Å². The summed E-state index contributed by atoms with van der Waals surface area (Å²) < 4.78 is 18.8. The molecule has 0 aliphatic rings. The van der Waals surface area contributed by atoms with Crippen molar-refractivity contribution < 1.29 is 13.9 Å². The van der Waals surface area contributed by atoms with E-state index in [0.29, 0.717) is 16.8 Å². The van der Waals surface area contributed by atoms with Crippen molar-refractivity contribution in [2.75, 3.05) is 13.6 Å². The molecule has 0 fully saturated rings. The maximum Gasteiger partial charge on any atom is 0.339 e. The minimum Gasteiger partial charge on any atom is -0.457 e. The van der Waals surface area contributed by atoms with Gasteiger partial charge in [-0.2, -0.15) is 0 Å². The van der Waals surface area contributed by atoms with Crippen molar-refractivity contribution in [3.05, 3.63) is 63.9 Å². The fourth-order valence-electron chi connectivity index (χ4n) is 2.05. The summed E-state index contributed by atoms with van der Waals surface area (Å²) >= 11 is 6.29. The number of ether oxygens (including phenoxy) is 1. The summed E-state index contributed by atoms with van der Waals surface area (Å²) in [6.45, 7) is 4.48. The molecule has 0 spiro atoms. The van der Waals surface area contributed by atoms with Crippen LogP contribution in [0, 0.1) is 12.7 Å². The van der Waals surface area contributed by atoms with Crippen LogP contribution >= 0.6 is 11.6 Å². The molecule has 0 aliphatic carbocycles. The molecule has 0 radical (unpaired) electrons. The lowest BCUT2D eigenvalue weighted by atomic mass is 10.1. The van der Waals surface area contributed by atoms with Crippen molar-refractivity contribution in [1.29, 1.82) is 0 Å². The number of nitrogens with zero attached hydrogens (tertiary/aromatic N) is 2. The van der Waals surface area contributed by atoms with E-state index < -0.39 is 11.8 Å². The second-order valence-corrected chi connectivity index (χ2v) is 5.93. The molecule has 25 heavy (non-hydrogen) atoms. The van der Waals surface area contributed by atoms with Gasteiger partial charge in [-0.3, -0.25) is 0 Å². The molecule has 0 saturated heterocycles. The van der Waals surface area contributed by atoms with Gasteiger partial charge in [0.2, 0.25) is 0 Å². The summed E-state index contributed by atoms with van der Waals surface area (Å²) in [6, 6.07) is 9.43. The van der Waals surface area contributed by atoms with E-state index in [1.54, 1.807) is 43.6 Å². The fourth-order valence-corrected chi connectivity index (χ4v) is 2.29. The van der Waals surface area contributed by atoms with Gasteiger partial charge in [0.05, 0.1) is 22.6 Å². The first-order valence-electron chi connectivity index (χ1n) is 7.88. The Bertz CT molecular complexity index is 793. The van der Waals surface area contributed by atoms with Crippen LogP contribution in [0.1, 0.15) is 28.4 Å². The molecular formula is C19H20ClFN2O2. The minimum absolute atomic E-state index is 0.151. The standard InChI is InChI=1S/C19H20ClFN2O2/c1-4-23(3)12-22-17-10-9-15(18(20)13(17)2)19(24)25-11-14-7-5-6-8-16(14)21/h5-10,12H,4,11H2,1-3H3. The highest BCUT2D eigenvalue weighted by molar-refractivity contribution is 6.34. The average molecular weight is 363 g/mol. The Morgan fingerprint density at radius 3 is 2.72 bits per heavy atom. The smallest absolute Gasteiger partial charge is 0.339 e. The maximum absolute atomic E-state index is 13.6. The topological polar surface area (TPSA) is 41.9 Å². The van der Waals surface area contributed by atoms with Gasteiger partial charge < -0.3 is 9.64 Å². The van der Waals surface area contributed by atoms with Crippen LogP contribution in [0.2, 0.25) is 5.02 Å². The third-order valence-electron chi connectivity index (χ3n) is 3.79. The van der Waals surface area contributed by atoms with E-state index >= 15 is 0 Å². The van der Waals surface area contributed by atoms with Crippen molar-refractivity contribution in [1.82, 2.24) is 4.90 Å². The second kappa shape index (κ2) is 8.62. The van der Waals surface area contributed by atoms with Crippen LogP contribution < -0.4 is 0 Å². The molecule has 0 bridgehead atoms. The van der Waals surface area contributed by atoms with Crippen LogP contribution in [0.3, 0.4) is 0 Å². The first kappa shape index (κ1) is 18.9. The lowest BCUT2D eigenvalue weighted by molar-refractivity contribution is 0.0469. The Labute approximate surface area is 151 Å². The van der Waals surface area contributed by atoms with E-state index in [2.05, 4.69) is 4.99 Å². The Morgan fingerprint density at radius 2 is 2.04 bits per heavy atom. The largest absolute Gasteiger partial charge is 0.457 e. The van der Waals surface area contributed by atoms with Crippen molar-refractivity contribution in [2.45, 2.75) is 20.5 Å². The molecule has 2 aromatic rings. The zero-order chi connectivity index (χ0) is 18.4. The van der Waals surface area contributed by atoms with Crippen LogP contribution in [0.5, 0.6) is 0 Å². The molecule has 2 aromatic carbocycles. The molecule has 2 rings (SSSR count). The molecule has 0 aromatic heterocycles. The van der Waals surface area contributed by atoms with Gasteiger partial charge in [0.15, 0.2) is 0 Å². The highest BCUT2D eigenvalue weighted by Crippen LogP contribution is 2.30. The first-order chi connectivity index (χ1) is 11.9. The quantitative estimate of drug-likeness (QED) is 0.423. The molecule has 4 nitrogen and oxygen atoms in total. The summed E-state index contributed by atoms with van der Waals surface area (Å²) in [4.78, 5) is 18.5. The monoisotopic (exact) mass is 362 g/mol. The number of benzene rings is 2. The van der Waals surface area contributed by atoms with Crippen molar-refractivity contribution >= 4 is 29.6 Å². The van der Waals surface area contributed by atoms with Crippen LogP contribution in [-0.4, -0.2) is 30.8 Å². The Morgan fingerprint density at radius 1 is 1.32 bits per heavy atom. The lowest BCUT2D eigenvalue weighted by Crippen LogP contribution is -2.14. The van der Waals surface area contributed by atoms with Gasteiger partial charge in [0.25, 0.3) is 0 Å². The van der Waals surface area contributed by atoms with E-state index in [4.69, 9.17) is 16.3 Å². The van der Waals surface area contributed by atoms with Gasteiger partial charge in [-0.15, -0.1) is 0 Å². The molecule has 0 saturated carbocycles. The van der Waals surface area contributed by atoms with Crippen LogP contribution in [0.25, 0.3) is 0 Å². The Balaban J connectivity index is 2.14. The van der Waals surface area contributed by atoms with E-state index in [1.807, 2.05) is 18.9 Å². The molecular weight excluding hydrogens is 343 g/mol. The predicted molar refractivity (Wildman–Crippen MR) is 98.2 cm³/mol. The molecule has 6 heteroatoms. The molecule has 132 valence electrons. The normalized spacial score (nSPS) is 10.9. The molecule has 0 amide bonds. The predicted octanol–water partition coefficient (Wildman–Crippen LogP) is 4.76. The SMILES string of the molecule is CCN(C)C=Nc1ccc(C(=O)OCc2ccccc2F)c(Cl)c1C. The molecule has 0 heterocycles. The second-order valence-electron chi connectivity index (χ2n) is 5.56. The number of halogens is 2. The van der Waals surface area contributed by atoms with Crippen LogP contribution in [0.15, 0.2) is 41.4 Å². The highest BCUT2D eigenvalue weighted by Gasteiger charge is 2.16. The summed E-state index contributed by atoms with van der Waals surface area (Å²) in [5.74, 6) is -1.01. The lowest BCUT2D eigenvalue weighted by Gasteiger charge is -2.11. The van der Waals surface area contributed by atoms with Crippen molar-refractivity contribution in [3.63, 3.8) is 0 Å². The van der Waals surface area contributed by atoms with Crippen LogP contribution in [-0.2, 0) is 11.3 Å². The summed E-state index contributed by atoms with van der Waals surface area (Å²) in [6.07, 6.45) is 1.70. The molecule has 0 unspecified atom stereocenters. The third kappa shape index (κ3) is 4.79. The maximum atomic E-state index is 13.6. The minimum atomic E-state index is -0.599. The van der Waals surface area contributed by atoms with Crippen molar-refractivity contribution in [3.8, 4) is 0 Å².